The third-order valence-electron chi connectivity index (χ3n) is 3.98. The fourth-order valence-corrected chi connectivity index (χ4v) is 2.78. The minimum Gasteiger partial charge on any atom is -0.493 e. The van der Waals surface area contributed by atoms with Gasteiger partial charge in [0.2, 0.25) is 5.76 Å². The molecule has 0 aliphatic rings. The Morgan fingerprint density at radius 2 is 2.19 bits per heavy atom. The molecule has 0 radical (unpaired) electrons. The highest BCUT2D eigenvalue weighted by Gasteiger charge is 2.21. The lowest BCUT2D eigenvalue weighted by Gasteiger charge is -2.09. The molecular weight excluding hydrogens is 334 g/mol. The van der Waals surface area contributed by atoms with Crippen LogP contribution in [0.2, 0.25) is 0 Å². The third-order valence-corrected chi connectivity index (χ3v) is 3.98. The van der Waals surface area contributed by atoms with Crippen molar-refractivity contribution in [3.8, 4) is 5.75 Å². The summed E-state index contributed by atoms with van der Waals surface area (Å²) >= 11 is 0. The van der Waals surface area contributed by atoms with Gasteiger partial charge in [-0.15, -0.1) is 0 Å². The first-order valence-electron chi connectivity index (χ1n) is 8.41. The molecule has 7 nitrogen and oxygen atoms in total. The van der Waals surface area contributed by atoms with E-state index in [0.29, 0.717) is 28.9 Å². The van der Waals surface area contributed by atoms with E-state index in [-0.39, 0.29) is 12.3 Å². The largest absolute Gasteiger partial charge is 0.493 e. The number of furan rings is 1. The Morgan fingerprint density at radius 1 is 1.31 bits per heavy atom. The fraction of sp³-hybridized carbons (Fsp3) is 0.263. The molecule has 0 fully saturated rings. The summed E-state index contributed by atoms with van der Waals surface area (Å²) in [5.41, 5.74) is 7.78. The van der Waals surface area contributed by atoms with E-state index in [2.05, 4.69) is 10.3 Å². The van der Waals surface area contributed by atoms with Gasteiger partial charge in [-0.25, -0.2) is 4.79 Å². The summed E-state index contributed by atoms with van der Waals surface area (Å²) in [6.07, 6.45) is 4.38. The van der Waals surface area contributed by atoms with Crippen LogP contribution in [0.3, 0.4) is 0 Å². The van der Waals surface area contributed by atoms with Crippen molar-refractivity contribution >= 4 is 16.9 Å². The first kappa shape index (κ1) is 17.9. The molecule has 26 heavy (non-hydrogen) atoms. The monoisotopic (exact) mass is 355 g/mol. The molecule has 3 rings (SSSR count). The average molecular weight is 355 g/mol. The first-order chi connectivity index (χ1) is 12.7. The molecule has 2 aromatic heterocycles. The maximum atomic E-state index is 11.3. The number of nitrogens with zero attached hydrogens (tertiary/aromatic N) is 1. The zero-order valence-corrected chi connectivity index (χ0v) is 14.3. The average Bonchev–Trinajstić information content (AvgIpc) is 3.05. The maximum Gasteiger partial charge on any atom is 0.372 e. The van der Waals surface area contributed by atoms with E-state index in [1.807, 2.05) is 18.3 Å². The molecule has 0 unspecified atom stereocenters. The predicted molar refractivity (Wildman–Crippen MR) is 97.1 cm³/mol. The minimum atomic E-state index is -1.13. The van der Waals surface area contributed by atoms with Crippen molar-refractivity contribution in [2.45, 2.75) is 19.5 Å². The molecule has 136 valence electrons. The molecule has 0 atom stereocenters. The number of aromatic nitrogens is 1. The quantitative estimate of drug-likeness (QED) is 0.506. The highest BCUT2D eigenvalue weighted by atomic mass is 16.5. The molecule has 1 aromatic carbocycles. The van der Waals surface area contributed by atoms with Crippen LogP contribution in [0.4, 0.5) is 0 Å². The Labute approximate surface area is 150 Å². The smallest absolute Gasteiger partial charge is 0.372 e. The van der Waals surface area contributed by atoms with E-state index >= 15 is 0 Å². The van der Waals surface area contributed by atoms with Crippen molar-refractivity contribution in [2.24, 2.45) is 5.73 Å². The minimum absolute atomic E-state index is 0.0711. The zero-order chi connectivity index (χ0) is 18.4. The predicted octanol–water partition coefficient (Wildman–Crippen LogP) is 2.54. The van der Waals surface area contributed by atoms with Crippen LogP contribution in [0.15, 0.2) is 47.1 Å². The van der Waals surface area contributed by atoms with Crippen molar-refractivity contribution < 1.29 is 19.1 Å². The van der Waals surface area contributed by atoms with Gasteiger partial charge in [0.1, 0.15) is 11.3 Å². The third kappa shape index (κ3) is 4.01. The molecule has 0 bridgehead atoms. The van der Waals surface area contributed by atoms with E-state index in [0.717, 1.165) is 25.1 Å². The molecule has 0 saturated carbocycles. The van der Waals surface area contributed by atoms with Crippen LogP contribution in [-0.4, -0.2) is 29.2 Å². The number of hydrogen-bond donors (Lipinski definition) is 3. The fourth-order valence-electron chi connectivity index (χ4n) is 2.78. The number of nitrogens with one attached hydrogen (secondary N) is 1. The van der Waals surface area contributed by atoms with Gasteiger partial charge in [0.15, 0.2) is 0 Å². The van der Waals surface area contributed by atoms with Gasteiger partial charge in [-0.05, 0) is 36.7 Å². The van der Waals surface area contributed by atoms with E-state index in [1.165, 1.54) is 0 Å². The second-order valence-electron chi connectivity index (χ2n) is 5.79. The molecule has 0 spiro atoms. The standard InChI is InChI=1S/C19H21N3O4/c20-10-14-17-15(5-1-6-16(17)26-18(14)19(23)24)25-9-3-8-22-12-13-4-2-7-21-11-13/h1-2,4-7,11,22H,3,8-10,12,20H2,(H,23,24). The second kappa shape index (κ2) is 8.46. The van der Waals surface area contributed by atoms with Crippen molar-refractivity contribution in [3.05, 3.63) is 59.6 Å². The summed E-state index contributed by atoms with van der Waals surface area (Å²) in [4.78, 5) is 15.4. The van der Waals surface area contributed by atoms with Gasteiger partial charge in [0, 0.05) is 31.0 Å². The summed E-state index contributed by atoms with van der Waals surface area (Å²) in [7, 11) is 0. The van der Waals surface area contributed by atoms with E-state index in [1.54, 1.807) is 24.4 Å². The summed E-state index contributed by atoms with van der Waals surface area (Å²) in [5, 5.41) is 13.2. The number of carbonyl (C=O) groups is 1. The number of hydrogen-bond acceptors (Lipinski definition) is 6. The highest BCUT2D eigenvalue weighted by molar-refractivity contribution is 5.97. The Kier molecular flexibility index (Phi) is 5.83. The molecular formula is C19H21N3O4. The topological polar surface area (TPSA) is 111 Å². The summed E-state index contributed by atoms with van der Waals surface area (Å²) in [6.45, 7) is 2.11. The molecule has 0 saturated heterocycles. The highest BCUT2D eigenvalue weighted by Crippen LogP contribution is 2.33. The summed E-state index contributed by atoms with van der Waals surface area (Å²) < 4.78 is 11.3. The van der Waals surface area contributed by atoms with Crippen LogP contribution in [0.25, 0.3) is 11.0 Å². The molecule has 4 N–H and O–H groups in total. The number of rotatable bonds is 9. The molecule has 0 amide bonds. The molecule has 2 heterocycles. The first-order valence-corrected chi connectivity index (χ1v) is 8.41. The lowest BCUT2D eigenvalue weighted by atomic mass is 10.1. The zero-order valence-electron chi connectivity index (χ0n) is 14.3. The van der Waals surface area contributed by atoms with Crippen LogP contribution in [0, 0.1) is 0 Å². The van der Waals surface area contributed by atoms with Crippen LogP contribution in [0.5, 0.6) is 5.75 Å². The molecule has 0 aliphatic heterocycles. The number of nitrogens with two attached hydrogens (primary N) is 1. The molecule has 7 heteroatoms. The lowest BCUT2D eigenvalue weighted by Crippen LogP contribution is -2.17. The van der Waals surface area contributed by atoms with Gasteiger partial charge in [-0.2, -0.15) is 0 Å². The number of pyridine rings is 1. The Bertz CT molecular complexity index is 877. The van der Waals surface area contributed by atoms with Crippen LogP contribution < -0.4 is 15.8 Å². The van der Waals surface area contributed by atoms with Crippen molar-refractivity contribution in [1.82, 2.24) is 10.3 Å². The van der Waals surface area contributed by atoms with Crippen molar-refractivity contribution in [3.63, 3.8) is 0 Å². The molecule has 3 aromatic rings. The van der Waals surface area contributed by atoms with Crippen LogP contribution >= 0.6 is 0 Å². The van der Waals surface area contributed by atoms with E-state index in [9.17, 15) is 9.90 Å². The van der Waals surface area contributed by atoms with Gasteiger partial charge in [0.05, 0.1) is 12.0 Å². The number of fused-ring (bicyclic) bond motifs is 1. The molecule has 0 aliphatic carbocycles. The van der Waals surface area contributed by atoms with E-state index < -0.39 is 5.97 Å². The van der Waals surface area contributed by atoms with Gasteiger partial charge < -0.3 is 25.3 Å². The van der Waals surface area contributed by atoms with Crippen LogP contribution in [0.1, 0.15) is 28.1 Å². The SMILES string of the molecule is NCc1c(C(=O)O)oc2cccc(OCCCNCc3cccnc3)c12. The number of carboxylic acids is 1. The van der Waals surface area contributed by atoms with E-state index in [4.69, 9.17) is 14.9 Å². The number of benzene rings is 1. The van der Waals surface area contributed by atoms with Gasteiger partial charge in [-0.3, -0.25) is 4.98 Å². The van der Waals surface area contributed by atoms with Gasteiger partial charge >= 0.3 is 5.97 Å². The summed E-state index contributed by atoms with van der Waals surface area (Å²) in [6, 6.07) is 9.21. The maximum absolute atomic E-state index is 11.3. The normalized spacial score (nSPS) is 11.0. The van der Waals surface area contributed by atoms with Crippen molar-refractivity contribution in [1.29, 1.82) is 0 Å². The summed E-state index contributed by atoms with van der Waals surface area (Å²) in [5.74, 6) is -0.671. The second-order valence-corrected chi connectivity index (χ2v) is 5.79. The Morgan fingerprint density at radius 3 is 2.92 bits per heavy atom. The Hall–Kier alpha value is -2.90. The van der Waals surface area contributed by atoms with Gasteiger partial charge in [0.25, 0.3) is 0 Å². The number of carboxylic acid groups (broad SMARTS) is 1. The van der Waals surface area contributed by atoms with Crippen molar-refractivity contribution in [2.75, 3.05) is 13.2 Å². The number of aromatic carboxylic acids is 1. The van der Waals surface area contributed by atoms with Gasteiger partial charge in [-0.1, -0.05) is 12.1 Å². The number of ether oxygens (including phenoxy) is 1. The van der Waals surface area contributed by atoms with Crippen LogP contribution in [-0.2, 0) is 13.1 Å². The Balaban J connectivity index is 1.58. The lowest BCUT2D eigenvalue weighted by molar-refractivity contribution is 0.0663.